The van der Waals surface area contributed by atoms with Crippen LogP contribution in [0.25, 0.3) is 0 Å². The summed E-state index contributed by atoms with van der Waals surface area (Å²) < 4.78 is 0. The second-order valence-electron chi connectivity index (χ2n) is 5.01. The van der Waals surface area contributed by atoms with Crippen LogP contribution in [0.15, 0.2) is 12.3 Å². The first kappa shape index (κ1) is 13.2. The molecule has 1 aliphatic rings. The lowest BCUT2D eigenvalue weighted by Crippen LogP contribution is -2.53. The van der Waals surface area contributed by atoms with Crippen LogP contribution in [0, 0.1) is 5.92 Å². The molecule has 2 unspecified atom stereocenters. The highest BCUT2D eigenvalue weighted by Gasteiger charge is 2.38. The molecular formula is C12H17ClN4O. The number of carbonyl (C=O) groups excluding carboxylic acids is 1. The summed E-state index contributed by atoms with van der Waals surface area (Å²) in [6.45, 7) is 2.12. The summed E-state index contributed by atoms with van der Waals surface area (Å²) in [7, 11) is 0. The average Bonchev–Trinajstić information content (AvgIpc) is 2.28. The first-order valence-electron chi connectivity index (χ1n) is 6.08. The van der Waals surface area contributed by atoms with Crippen molar-refractivity contribution in [2.45, 2.75) is 38.1 Å². The molecule has 1 aromatic heterocycles. The molecule has 18 heavy (non-hydrogen) atoms. The van der Waals surface area contributed by atoms with Gasteiger partial charge in [-0.2, -0.15) is 0 Å². The lowest BCUT2D eigenvalue weighted by atomic mass is 9.76. The maximum atomic E-state index is 12.2. The van der Waals surface area contributed by atoms with Crippen molar-refractivity contribution >= 4 is 23.5 Å². The van der Waals surface area contributed by atoms with Crippen LogP contribution in [-0.2, 0) is 4.79 Å². The van der Waals surface area contributed by atoms with Gasteiger partial charge in [0.05, 0.1) is 5.54 Å². The average molecular weight is 269 g/mol. The lowest BCUT2D eigenvalue weighted by Gasteiger charge is -2.34. The van der Waals surface area contributed by atoms with Crippen LogP contribution < -0.4 is 11.1 Å². The number of carbonyl (C=O) groups is 1. The van der Waals surface area contributed by atoms with Gasteiger partial charge < -0.3 is 5.73 Å². The molecule has 1 fully saturated rings. The Hall–Kier alpha value is -1.20. The van der Waals surface area contributed by atoms with Gasteiger partial charge in [-0.1, -0.05) is 31.4 Å². The van der Waals surface area contributed by atoms with E-state index in [2.05, 4.69) is 22.2 Å². The molecule has 0 aliphatic heterocycles. The van der Waals surface area contributed by atoms with Crippen LogP contribution >= 0.6 is 11.6 Å². The normalized spacial score (nSPS) is 27.8. The van der Waals surface area contributed by atoms with E-state index in [0.717, 1.165) is 12.8 Å². The van der Waals surface area contributed by atoms with E-state index in [1.165, 1.54) is 6.20 Å². The molecular weight excluding hydrogens is 252 g/mol. The zero-order valence-electron chi connectivity index (χ0n) is 10.3. The topological polar surface area (TPSA) is 80.9 Å². The van der Waals surface area contributed by atoms with E-state index in [0.29, 0.717) is 23.9 Å². The molecule has 6 heteroatoms. The zero-order chi connectivity index (χ0) is 13.2. The smallest absolute Gasteiger partial charge is 0.246 e. The maximum absolute atomic E-state index is 12.2. The summed E-state index contributed by atoms with van der Waals surface area (Å²) in [6, 6.07) is 1.55. The quantitative estimate of drug-likeness (QED) is 0.804. The Kier molecular flexibility index (Phi) is 3.82. The third kappa shape index (κ3) is 2.97. The fraction of sp³-hybridized carbons (Fsp3) is 0.583. The van der Waals surface area contributed by atoms with E-state index in [1.807, 2.05) is 0 Å². The van der Waals surface area contributed by atoms with Gasteiger partial charge in [0.25, 0.3) is 0 Å². The molecule has 2 atom stereocenters. The SMILES string of the molecule is CC1CCCC(N)(C(=O)Nc2nccc(Cl)n2)C1. The minimum atomic E-state index is -0.816. The van der Waals surface area contributed by atoms with Gasteiger partial charge in [-0.05, 0) is 24.8 Å². The second-order valence-corrected chi connectivity index (χ2v) is 5.40. The Balaban J connectivity index is 2.07. The van der Waals surface area contributed by atoms with E-state index >= 15 is 0 Å². The predicted octanol–water partition coefficient (Wildman–Crippen LogP) is 1.98. The van der Waals surface area contributed by atoms with Crippen molar-refractivity contribution in [3.63, 3.8) is 0 Å². The fourth-order valence-corrected chi connectivity index (χ4v) is 2.56. The lowest BCUT2D eigenvalue weighted by molar-refractivity contribution is -0.122. The number of nitrogens with two attached hydrogens (primary N) is 1. The van der Waals surface area contributed by atoms with Gasteiger partial charge in [0.2, 0.25) is 11.9 Å². The summed E-state index contributed by atoms with van der Waals surface area (Å²) >= 11 is 5.74. The summed E-state index contributed by atoms with van der Waals surface area (Å²) in [4.78, 5) is 20.1. The van der Waals surface area contributed by atoms with E-state index in [9.17, 15) is 4.79 Å². The van der Waals surface area contributed by atoms with Crippen LogP contribution in [0.3, 0.4) is 0 Å². The molecule has 5 nitrogen and oxygen atoms in total. The minimum Gasteiger partial charge on any atom is -0.317 e. The van der Waals surface area contributed by atoms with Crippen LogP contribution in [0.2, 0.25) is 5.15 Å². The summed E-state index contributed by atoms with van der Waals surface area (Å²) in [5.74, 6) is 0.446. The Labute approximate surface area is 111 Å². The zero-order valence-corrected chi connectivity index (χ0v) is 11.1. The Bertz CT molecular complexity index is 453. The summed E-state index contributed by atoms with van der Waals surface area (Å²) in [5.41, 5.74) is 5.36. The van der Waals surface area contributed by atoms with Gasteiger partial charge in [-0.3, -0.25) is 10.1 Å². The van der Waals surface area contributed by atoms with Gasteiger partial charge >= 0.3 is 0 Å². The summed E-state index contributed by atoms with van der Waals surface area (Å²) in [5, 5.41) is 2.94. The van der Waals surface area contributed by atoms with Crippen molar-refractivity contribution in [2.75, 3.05) is 5.32 Å². The Morgan fingerprint density at radius 2 is 2.44 bits per heavy atom. The molecule has 98 valence electrons. The minimum absolute atomic E-state index is 0.204. The van der Waals surface area contributed by atoms with Crippen LogP contribution in [0.4, 0.5) is 5.95 Å². The standard InChI is InChI=1S/C12H17ClN4O/c1-8-3-2-5-12(14,7-8)10(18)17-11-15-6-4-9(13)16-11/h4,6,8H,2-3,5,7,14H2,1H3,(H,15,16,17,18). The third-order valence-corrected chi connectivity index (χ3v) is 3.54. The van der Waals surface area contributed by atoms with E-state index in [4.69, 9.17) is 17.3 Å². The number of anilines is 1. The van der Waals surface area contributed by atoms with Crippen LogP contribution in [0.5, 0.6) is 0 Å². The van der Waals surface area contributed by atoms with E-state index in [-0.39, 0.29) is 11.9 Å². The number of nitrogens with one attached hydrogen (secondary N) is 1. The van der Waals surface area contributed by atoms with Gasteiger partial charge in [0.1, 0.15) is 5.15 Å². The second kappa shape index (κ2) is 5.20. The molecule has 1 aliphatic carbocycles. The summed E-state index contributed by atoms with van der Waals surface area (Å²) in [6.07, 6.45) is 4.99. The highest BCUT2D eigenvalue weighted by molar-refractivity contribution is 6.29. The Morgan fingerprint density at radius 3 is 3.11 bits per heavy atom. The number of hydrogen-bond donors (Lipinski definition) is 2. The van der Waals surface area contributed by atoms with Crippen molar-refractivity contribution in [1.29, 1.82) is 0 Å². The van der Waals surface area contributed by atoms with Gasteiger partial charge in [0.15, 0.2) is 0 Å². The predicted molar refractivity (Wildman–Crippen MR) is 70.2 cm³/mol. The molecule has 0 radical (unpaired) electrons. The first-order chi connectivity index (χ1) is 8.49. The van der Waals surface area contributed by atoms with E-state index < -0.39 is 5.54 Å². The third-order valence-electron chi connectivity index (χ3n) is 3.33. The van der Waals surface area contributed by atoms with Crippen molar-refractivity contribution < 1.29 is 4.79 Å². The highest BCUT2D eigenvalue weighted by Crippen LogP contribution is 2.31. The number of halogens is 1. The number of aromatic nitrogens is 2. The molecule has 0 aromatic carbocycles. The maximum Gasteiger partial charge on any atom is 0.246 e. The van der Waals surface area contributed by atoms with Crippen molar-refractivity contribution in [1.82, 2.24) is 9.97 Å². The molecule has 1 saturated carbocycles. The molecule has 2 rings (SSSR count). The molecule has 1 aromatic rings. The molecule has 0 saturated heterocycles. The first-order valence-corrected chi connectivity index (χ1v) is 6.46. The largest absolute Gasteiger partial charge is 0.317 e. The van der Waals surface area contributed by atoms with Crippen molar-refractivity contribution in [3.8, 4) is 0 Å². The number of nitrogens with zero attached hydrogens (tertiary/aromatic N) is 2. The van der Waals surface area contributed by atoms with Crippen LogP contribution in [0.1, 0.15) is 32.6 Å². The molecule has 3 N–H and O–H groups in total. The molecule has 0 bridgehead atoms. The molecule has 1 heterocycles. The van der Waals surface area contributed by atoms with Gasteiger partial charge in [0, 0.05) is 6.20 Å². The van der Waals surface area contributed by atoms with Gasteiger partial charge in [-0.15, -0.1) is 0 Å². The Morgan fingerprint density at radius 1 is 1.67 bits per heavy atom. The monoisotopic (exact) mass is 268 g/mol. The van der Waals surface area contributed by atoms with Crippen molar-refractivity contribution in [3.05, 3.63) is 17.4 Å². The number of rotatable bonds is 2. The van der Waals surface area contributed by atoms with Crippen LogP contribution in [-0.4, -0.2) is 21.4 Å². The fourth-order valence-electron chi connectivity index (χ4n) is 2.42. The van der Waals surface area contributed by atoms with E-state index in [1.54, 1.807) is 6.07 Å². The number of hydrogen-bond acceptors (Lipinski definition) is 4. The highest BCUT2D eigenvalue weighted by atomic mass is 35.5. The molecule has 0 spiro atoms. The molecule has 1 amide bonds. The van der Waals surface area contributed by atoms with Gasteiger partial charge in [-0.25, -0.2) is 9.97 Å². The number of amides is 1. The van der Waals surface area contributed by atoms with Crippen molar-refractivity contribution in [2.24, 2.45) is 11.7 Å².